The average Bonchev–Trinajstić information content (AvgIpc) is 2.42. The summed E-state index contributed by atoms with van der Waals surface area (Å²) in [6, 6.07) is 9.60. The maximum atomic E-state index is 11.3. The summed E-state index contributed by atoms with van der Waals surface area (Å²) in [5.74, 6) is -0.0688. The highest BCUT2D eigenvalue weighted by Crippen LogP contribution is 2.36. The number of benzene rings is 2. The number of ether oxygens (including phenoxy) is 2. The fourth-order valence-electron chi connectivity index (χ4n) is 1.79. The van der Waals surface area contributed by atoms with Crippen molar-refractivity contribution in [3.63, 3.8) is 0 Å². The molecule has 6 heteroatoms. The van der Waals surface area contributed by atoms with E-state index in [0.717, 1.165) is 0 Å². The first-order valence-electron chi connectivity index (χ1n) is 6.24. The van der Waals surface area contributed by atoms with E-state index < -0.39 is 5.97 Å². The Morgan fingerprint density at radius 1 is 1.29 bits per heavy atom. The molecule has 21 heavy (non-hydrogen) atoms. The van der Waals surface area contributed by atoms with Gasteiger partial charge in [0.15, 0.2) is 5.75 Å². The molecule has 2 rings (SSSR count). The largest absolute Gasteiger partial charge is 0.494 e. The van der Waals surface area contributed by atoms with Crippen LogP contribution in [0.25, 0.3) is 0 Å². The monoisotopic (exact) mass is 307 g/mol. The van der Waals surface area contributed by atoms with Crippen LogP contribution in [-0.4, -0.2) is 17.7 Å². The molecule has 0 atom stereocenters. The second kappa shape index (κ2) is 6.37. The number of carbonyl (C=O) groups is 1. The molecule has 3 N–H and O–H groups in total. The molecule has 2 aromatic carbocycles. The van der Waals surface area contributed by atoms with Crippen molar-refractivity contribution < 1.29 is 19.4 Å². The van der Waals surface area contributed by atoms with Gasteiger partial charge >= 0.3 is 5.97 Å². The van der Waals surface area contributed by atoms with Gasteiger partial charge in [-0.2, -0.15) is 0 Å². The summed E-state index contributed by atoms with van der Waals surface area (Å²) >= 11 is 6.03. The van der Waals surface area contributed by atoms with E-state index in [2.05, 4.69) is 0 Å². The second-order valence-corrected chi connectivity index (χ2v) is 4.60. The van der Waals surface area contributed by atoms with Crippen molar-refractivity contribution in [3.05, 3.63) is 47.0 Å². The smallest absolute Gasteiger partial charge is 0.339 e. The quantitative estimate of drug-likeness (QED) is 0.821. The molecule has 0 aliphatic rings. The van der Waals surface area contributed by atoms with Crippen molar-refractivity contribution in [1.82, 2.24) is 0 Å². The molecule has 0 amide bonds. The van der Waals surface area contributed by atoms with Crippen LogP contribution >= 0.6 is 11.6 Å². The van der Waals surface area contributed by atoms with Crippen molar-refractivity contribution in [1.29, 1.82) is 0 Å². The normalized spacial score (nSPS) is 10.2. The average molecular weight is 308 g/mol. The molecule has 110 valence electrons. The Bertz CT molecular complexity index is 673. The Kier molecular flexibility index (Phi) is 4.55. The lowest BCUT2D eigenvalue weighted by atomic mass is 10.2. The molecular weight excluding hydrogens is 294 g/mol. The van der Waals surface area contributed by atoms with Gasteiger partial charge < -0.3 is 20.3 Å². The third kappa shape index (κ3) is 3.58. The molecule has 0 aromatic heterocycles. The number of nitrogen functional groups attached to an aromatic ring is 1. The van der Waals surface area contributed by atoms with Crippen molar-refractivity contribution in [2.24, 2.45) is 0 Å². The van der Waals surface area contributed by atoms with Crippen LogP contribution in [0.4, 0.5) is 5.69 Å². The Balaban J connectivity index is 2.39. The topological polar surface area (TPSA) is 81.8 Å². The van der Waals surface area contributed by atoms with E-state index in [1.54, 1.807) is 24.3 Å². The molecule has 0 radical (unpaired) electrons. The maximum Gasteiger partial charge on any atom is 0.339 e. The van der Waals surface area contributed by atoms with Crippen LogP contribution in [-0.2, 0) is 0 Å². The van der Waals surface area contributed by atoms with E-state index in [0.29, 0.717) is 18.1 Å². The molecule has 5 nitrogen and oxygen atoms in total. The summed E-state index contributed by atoms with van der Waals surface area (Å²) in [5, 5.41) is 9.35. The SMILES string of the molecule is CCOc1cccc(Oc2c(Cl)cc(N)cc2C(=O)O)c1. The van der Waals surface area contributed by atoms with Crippen molar-refractivity contribution in [2.45, 2.75) is 6.92 Å². The Hall–Kier alpha value is -2.40. The zero-order valence-electron chi connectivity index (χ0n) is 11.3. The van der Waals surface area contributed by atoms with E-state index in [-0.39, 0.29) is 22.0 Å². The molecule has 0 saturated carbocycles. The van der Waals surface area contributed by atoms with E-state index in [1.165, 1.54) is 12.1 Å². The van der Waals surface area contributed by atoms with Crippen molar-refractivity contribution >= 4 is 23.3 Å². The summed E-state index contributed by atoms with van der Waals surface area (Å²) in [4.78, 5) is 11.3. The van der Waals surface area contributed by atoms with Gasteiger partial charge in [-0.1, -0.05) is 17.7 Å². The van der Waals surface area contributed by atoms with Crippen LogP contribution in [0.15, 0.2) is 36.4 Å². The number of carboxylic acids is 1. The molecule has 2 aromatic rings. The standard InChI is InChI=1S/C15H14ClNO4/c1-2-20-10-4-3-5-11(8-10)21-14-12(15(18)19)6-9(17)7-13(14)16/h3-8H,2,17H2,1H3,(H,18,19). The molecular formula is C15H14ClNO4. The fraction of sp³-hybridized carbons (Fsp3) is 0.133. The summed E-state index contributed by atoms with van der Waals surface area (Å²) in [6.07, 6.45) is 0. The number of carboxylic acid groups (broad SMARTS) is 1. The number of rotatable bonds is 5. The predicted octanol–water partition coefficient (Wildman–Crippen LogP) is 3.81. The Labute approximate surface area is 126 Å². The minimum Gasteiger partial charge on any atom is -0.494 e. The fourth-order valence-corrected chi connectivity index (χ4v) is 2.06. The van der Waals surface area contributed by atoms with Gasteiger partial charge in [0.05, 0.1) is 11.6 Å². The number of aromatic carboxylic acids is 1. The predicted molar refractivity (Wildman–Crippen MR) is 80.5 cm³/mol. The van der Waals surface area contributed by atoms with Crippen LogP contribution in [0.3, 0.4) is 0 Å². The summed E-state index contributed by atoms with van der Waals surface area (Å²) in [7, 11) is 0. The first kappa shape index (κ1) is 15.0. The Morgan fingerprint density at radius 3 is 2.67 bits per heavy atom. The zero-order chi connectivity index (χ0) is 15.4. The lowest BCUT2D eigenvalue weighted by Crippen LogP contribution is -2.02. The lowest BCUT2D eigenvalue weighted by molar-refractivity contribution is 0.0694. The molecule has 0 aliphatic heterocycles. The zero-order valence-corrected chi connectivity index (χ0v) is 12.1. The van der Waals surface area contributed by atoms with Gasteiger partial charge in [0.1, 0.15) is 17.1 Å². The highest BCUT2D eigenvalue weighted by Gasteiger charge is 2.17. The molecule has 0 fully saturated rings. The third-order valence-electron chi connectivity index (χ3n) is 2.63. The van der Waals surface area contributed by atoms with E-state index in [9.17, 15) is 9.90 Å². The number of hydrogen-bond acceptors (Lipinski definition) is 4. The van der Waals surface area contributed by atoms with Gasteiger partial charge in [-0.3, -0.25) is 0 Å². The van der Waals surface area contributed by atoms with Crippen LogP contribution in [0.5, 0.6) is 17.2 Å². The van der Waals surface area contributed by atoms with Gasteiger partial charge in [-0.25, -0.2) is 4.79 Å². The molecule has 0 spiro atoms. The summed E-state index contributed by atoms with van der Waals surface area (Å²) in [6.45, 7) is 2.39. The van der Waals surface area contributed by atoms with Gasteiger partial charge in [0.2, 0.25) is 0 Å². The first-order valence-corrected chi connectivity index (χ1v) is 6.62. The molecule has 0 unspecified atom stereocenters. The third-order valence-corrected chi connectivity index (χ3v) is 2.91. The number of hydrogen-bond donors (Lipinski definition) is 2. The number of anilines is 1. The summed E-state index contributed by atoms with van der Waals surface area (Å²) < 4.78 is 11.0. The lowest BCUT2D eigenvalue weighted by Gasteiger charge is -2.12. The van der Waals surface area contributed by atoms with E-state index in [4.69, 9.17) is 26.8 Å². The van der Waals surface area contributed by atoms with Crippen molar-refractivity contribution in [3.8, 4) is 17.2 Å². The molecule has 0 heterocycles. The van der Waals surface area contributed by atoms with E-state index >= 15 is 0 Å². The van der Waals surface area contributed by atoms with E-state index in [1.807, 2.05) is 6.92 Å². The maximum absolute atomic E-state index is 11.3. The highest BCUT2D eigenvalue weighted by molar-refractivity contribution is 6.33. The van der Waals surface area contributed by atoms with Gasteiger partial charge in [-0.15, -0.1) is 0 Å². The van der Waals surface area contributed by atoms with Crippen LogP contribution in [0, 0.1) is 0 Å². The minimum absolute atomic E-state index is 0.0482. The van der Waals surface area contributed by atoms with Crippen LogP contribution in [0.1, 0.15) is 17.3 Å². The first-order chi connectivity index (χ1) is 10.0. The molecule has 0 aliphatic carbocycles. The van der Waals surface area contributed by atoms with Crippen LogP contribution in [0.2, 0.25) is 5.02 Å². The van der Waals surface area contributed by atoms with Crippen LogP contribution < -0.4 is 15.2 Å². The van der Waals surface area contributed by atoms with Gasteiger partial charge in [0.25, 0.3) is 0 Å². The number of nitrogens with two attached hydrogens (primary N) is 1. The molecule has 0 saturated heterocycles. The van der Waals surface area contributed by atoms with Gasteiger partial charge in [-0.05, 0) is 31.2 Å². The highest BCUT2D eigenvalue weighted by atomic mass is 35.5. The van der Waals surface area contributed by atoms with Gasteiger partial charge in [0, 0.05) is 11.8 Å². The van der Waals surface area contributed by atoms with Crippen molar-refractivity contribution in [2.75, 3.05) is 12.3 Å². The number of halogens is 1. The Morgan fingerprint density at radius 2 is 2.00 bits per heavy atom. The molecule has 0 bridgehead atoms. The summed E-state index contributed by atoms with van der Waals surface area (Å²) in [5.41, 5.74) is 5.76. The second-order valence-electron chi connectivity index (χ2n) is 4.19. The minimum atomic E-state index is -1.17.